The third-order valence-corrected chi connectivity index (χ3v) is 6.05. The molecule has 0 aliphatic carbocycles. The van der Waals surface area contributed by atoms with Crippen molar-refractivity contribution in [3.05, 3.63) is 30.3 Å². The molecule has 0 aliphatic rings. The summed E-state index contributed by atoms with van der Waals surface area (Å²) in [6.07, 6.45) is 0. The molecule has 0 N–H and O–H groups in total. The van der Waals surface area contributed by atoms with E-state index in [1.54, 1.807) is 0 Å². The molecule has 0 nitrogen and oxygen atoms in total. The van der Waals surface area contributed by atoms with Gasteiger partial charge in [-0.25, -0.2) is 0 Å². The van der Waals surface area contributed by atoms with E-state index in [4.69, 9.17) is 0 Å². The molecule has 51 valence electrons. The number of rotatable bonds is 1. The summed E-state index contributed by atoms with van der Waals surface area (Å²) in [7, 11) is 0. The van der Waals surface area contributed by atoms with Crippen molar-refractivity contribution in [2.24, 2.45) is 0 Å². The summed E-state index contributed by atoms with van der Waals surface area (Å²) in [4.78, 5) is 0. The second-order valence-corrected chi connectivity index (χ2v) is 14.5. The molecule has 0 amide bonds. The Morgan fingerprint density at radius 3 is 1.89 bits per heavy atom. The van der Waals surface area contributed by atoms with Crippen LogP contribution in [0.3, 0.4) is 0 Å². The van der Waals surface area contributed by atoms with E-state index >= 15 is 0 Å². The summed E-state index contributed by atoms with van der Waals surface area (Å²) in [6.45, 7) is 0. The Balaban J connectivity index is 2.85. The van der Waals surface area contributed by atoms with Gasteiger partial charge in [0.1, 0.15) is 0 Å². The summed E-state index contributed by atoms with van der Waals surface area (Å²) in [6, 6.07) is 10.4. The zero-order valence-electron chi connectivity index (χ0n) is 4.50. The van der Waals surface area contributed by atoms with Gasteiger partial charge in [0.2, 0.25) is 0 Å². The SMILES string of the molecule is [Br][Ru]([Br])[c]1ccccc1. The first-order valence-electron chi connectivity index (χ1n) is 2.35. The summed E-state index contributed by atoms with van der Waals surface area (Å²) in [5, 5.41) is 0. The summed E-state index contributed by atoms with van der Waals surface area (Å²) >= 11 is 6.14. The number of hydrogen-bond donors (Lipinski definition) is 0. The molecule has 0 spiro atoms. The van der Waals surface area contributed by atoms with Crippen molar-refractivity contribution in [3.63, 3.8) is 0 Å². The molecule has 0 bridgehead atoms. The average Bonchev–Trinajstić information content (AvgIpc) is 1.90. The van der Waals surface area contributed by atoms with Crippen LogP contribution in [0, 0.1) is 0 Å². The van der Waals surface area contributed by atoms with E-state index in [1.165, 1.54) is 4.16 Å². The van der Waals surface area contributed by atoms with Crippen LogP contribution in [0.15, 0.2) is 30.3 Å². The maximum absolute atomic E-state index is 3.54. The van der Waals surface area contributed by atoms with Crippen molar-refractivity contribution in [2.75, 3.05) is 0 Å². The Hall–Kier alpha value is 0.803. The molecule has 0 aromatic heterocycles. The Bertz CT molecular complexity index is 174. The van der Waals surface area contributed by atoms with Crippen LogP contribution < -0.4 is 4.16 Å². The van der Waals surface area contributed by atoms with Gasteiger partial charge in [-0.2, -0.15) is 0 Å². The first-order valence-corrected chi connectivity index (χ1v) is 11.2. The fourth-order valence-electron chi connectivity index (χ4n) is 0.499. The molecule has 0 unspecified atom stereocenters. The predicted octanol–water partition coefficient (Wildman–Crippen LogP) is 2.55. The molecule has 3 heteroatoms. The molecule has 0 heterocycles. The molecule has 0 radical (unpaired) electrons. The fourth-order valence-corrected chi connectivity index (χ4v) is 3.48. The second-order valence-electron chi connectivity index (χ2n) is 1.47. The molecule has 0 saturated heterocycles. The molecule has 1 aromatic carbocycles. The van der Waals surface area contributed by atoms with Crippen molar-refractivity contribution < 1.29 is 12.0 Å². The molecule has 0 atom stereocenters. The van der Waals surface area contributed by atoms with Crippen molar-refractivity contribution in [1.29, 1.82) is 0 Å². The van der Waals surface area contributed by atoms with Gasteiger partial charge in [0, 0.05) is 0 Å². The number of hydrogen-bond acceptors (Lipinski definition) is 0. The molecule has 0 saturated carbocycles. The minimum atomic E-state index is -0.942. The molecular formula is C6H5Br2Ru. The quantitative estimate of drug-likeness (QED) is 0.691. The van der Waals surface area contributed by atoms with E-state index in [1.807, 2.05) is 6.07 Å². The Labute approximate surface area is 73.3 Å². The number of halogens is 2. The molecule has 0 aliphatic heterocycles. The Kier molecular flexibility index (Phi) is 3.38. The predicted molar refractivity (Wildman–Crippen MR) is 43.9 cm³/mol. The fraction of sp³-hybridized carbons (Fsp3) is 0. The van der Waals surface area contributed by atoms with Crippen LogP contribution in [-0.2, 0) is 12.0 Å². The van der Waals surface area contributed by atoms with Gasteiger partial charge in [-0.15, -0.1) is 0 Å². The molecular weight excluding hydrogens is 333 g/mol. The zero-order valence-corrected chi connectivity index (χ0v) is 9.41. The van der Waals surface area contributed by atoms with Crippen LogP contribution in [0.1, 0.15) is 0 Å². The topological polar surface area (TPSA) is 0 Å². The van der Waals surface area contributed by atoms with Crippen LogP contribution in [0.2, 0.25) is 0 Å². The number of benzene rings is 1. The van der Waals surface area contributed by atoms with Gasteiger partial charge in [-0.1, -0.05) is 0 Å². The van der Waals surface area contributed by atoms with Crippen LogP contribution in [-0.4, -0.2) is 0 Å². The average molecular weight is 338 g/mol. The minimum absolute atomic E-state index is 0.942. The van der Waals surface area contributed by atoms with Gasteiger partial charge in [0.05, 0.1) is 0 Å². The van der Waals surface area contributed by atoms with Gasteiger partial charge in [-0.3, -0.25) is 0 Å². The van der Waals surface area contributed by atoms with Crippen LogP contribution in [0.4, 0.5) is 0 Å². The van der Waals surface area contributed by atoms with Crippen molar-refractivity contribution in [1.82, 2.24) is 0 Å². The Morgan fingerprint density at radius 2 is 1.56 bits per heavy atom. The third-order valence-electron chi connectivity index (χ3n) is 0.879. The van der Waals surface area contributed by atoms with Crippen molar-refractivity contribution in [2.45, 2.75) is 0 Å². The van der Waals surface area contributed by atoms with E-state index in [2.05, 4.69) is 51.5 Å². The summed E-state index contributed by atoms with van der Waals surface area (Å²) < 4.78 is 1.39. The molecule has 0 fully saturated rings. The van der Waals surface area contributed by atoms with Gasteiger partial charge < -0.3 is 0 Å². The van der Waals surface area contributed by atoms with E-state index in [0.29, 0.717) is 0 Å². The molecule has 1 rings (SSSR count). The standard InChI is InChI=1S/C6H5.2BrH.Ru/c1-2-4-6-5-3-1;;;/h1-5H;2*1H;/q;;;+2/p-2. The molecule has 9 heavy (non-hydrogen) atoms. The van der Waals surface area contributed by atoms with Gasteiger partial charge in [-0.05, 0) is 0 Å². The summed E-state index contributed by atoms with van der Waals surface area (Å²) in [5.41, 5.74) is 0. The molecule has 1 aromatic rings. The van der Waals surface area contributed by atoms with Crippen LogP contribution >= 0.6 is 27.2 Å². The van der Waals surface area contributed by atoms with Crippen LogP contribution in [0.25, 0.3) is 0 Å². The Morgan fingerprint density at radius 1 is 1.00 bits per heavy atom. The monoisotopic (exact) mass is 337 g/mol. The third kappa shape index (κ3) is 2.49. The van der Waals surface area contributed by atoms with Crippen molar-refractivity contribution >= 4 is 31.4 Å². The van der Waals surface area contributed by atoms with E-state index in [0.717, 1.165) is 0 Å². The van der Waals surface area contributed by atoms with Gasteiger partial charge in [0.15, 0.2) is 0 Å². The summed E-state index contributed by atoms with van der Waals surface area (Å²) in [5.74, 6) is 0. The normalized spacial score (nSPS) is 11.1. The maximum atomic E-state index is 3.54. The van der Waals surface area contributed by atoms with Gasteiger partial charge >= 0.3 is 73.8 Å². The first-order chi connectivity index (χ1) is 4.30. The first kappa shape index (κ1) is 7.91. The van der Waals surface area contributed by atoms with Crippen LogP contribution in [0.5, 0.6) is 0 Å². The second kappa shape index (κ2) is 3.85. The zero-order chi connectivity index (χ0) is 6.69. The van der Waals surface area contributed by atoms with Gasteiger partial charge in [0.25, 0.3) is 0 Å². The van der Waals surface area contributed by atoms with E-state index in [-0.39, 0.29) is 0 Å². The van der Waals surface area contributed by atoms with E-state index < -0.39 is 12.0 Å². The van der Waals surface area contributed by atoms with E-state index in [9.17, 15) is 0 Å². The van der Waals surface area contributed by atoms with Crippen molar-refractivity contribution in [3.8, 4) is 0 Å².